The normalized spacial score (nSPS) is 14.5. The van der Waals surface area contributed by atoms with Crippen molar-refractivity contribution in [3.8, 4) is 23.1 Å². The van der Waals surface area contributed by atoms with Gasteiger partial charge in [0.2, 0.25) is 18.6 Å². The zero-order valence-corrected chi connectivity index (χ0v) is 26.2. The molecule has 48 heavy (non-hydrogen) atoms. The lowest BCUT2D eigenvalue weighted by molar-refractivity contribution is -0.137. The SMILES string of the molecule is Cc1cc(NCCC(=O)N2CCN(Cc3ccc4c(c3)OCO4)CC2)ccc1Oc1ccc(NC(=O)c2ccc(C(F)(F)F)cc2)cn1. The van der Waals surface area contributed by atoms with E-state index in [1.165, 1.54) is 6.20 Å². The minimum absolute atomic E-state index is 0.0877. The van der Waals surface area contributed by atoms with Crippen LogP contribution >= 0.6 is 0 Å². The maximum atomic E-state index is 12.9. The van der Waals surface area contributed by atoms with Gasteiger partial charge in [0.1, 0.15) is 5.75 Å². The summed E-state index contributed by atoms with van der Waals surface area (Å²) in [6.07, 6.45) is -2.69. The first-order valence-electron chi connectivity index (χ1n) is 15.5. The Balaban J connectivity index is 0.920. The summed E-state index contributed by atoms with van der Waals surface area (Å²) in [5.41, 5.74) is 2.49. The number of hydrogen-bond donors (Lipinski definition) is 2. The number of carbonyl (C=O) groups is 2. The molecule has 1 aromatic heterocycles. The molecule has 2 amide bonds. The number of alkyl halides is 3. The van der Waals surface area contributed by atoms with Crippen LogP contribution in [-0.2, 0) is 17.5 Å². The van der Waals surface area contributed by atoms with Gasteiger partial charge in [-0.2, -0.15) is 13.2 Å². The van der Waals surface area contributed by atoms with Gasteiger partial charge in [0.15, 0.2) is 11.5 Å². The number of carbonyl (C=O) groups excluding carboxylic acids is 2. The molecule has 3 heterocycles. The molecular weight excluding hydrogens is 627 g/mol. The molecule has 0 radical (unpaired) electrons. The lowest BCUT2D eigenvalue weighted by Crippen LogP contribution is -2.48. The molecule has 2 aliphatic heterocycles. The van der Waals surface area contributed by atoms with Gasteiger partial charge in [-0.3, -0.25) is 14.5 Å². The van der Waals surface area contributed by atoms with Crippen LogP contribution in [-0.4, -0.2) is 66.1 Å². The predicted octanol–water partition coefficient (Wildman–Crippen LogP) is 6.33. The molecule has 6 rings (SSSR count). The number of halogens is 3. The average Bonchev–Trinajstić information content (AvgIpc) is 3.55. The van der Waals surface area contributed by atoms with E-state index in [4.69, 9.17) is 14.2 Å². The van der Waals surface area contributed by atoms with E-state index in [1.807, 2.05) is 42.2 Å². The van der Waals surface area contributed by atoms with Gasteiger partial charge in [0.25, 0.3) is 5.91 Å². The van der Waals surface area contributed by atoms with Crippen molar-refractivity contribution >= 4 is 23.2 Å². The summed E-state index contributed by atoms with van der Waals surface area (Å²) in [6.45, 7) is 6.45. The van der Waals surface area contributed by atoms with E-state index in [1.54, 1.807) is 18.2 Å². The second-order valence-corrected chi connectivity index (χ2v) is 11.5. The Hall–Kier alpha value is -5.30. The van der Waals surface area contributed by atoms with E-state index >= 15 is 0 Å². The Morgan fingerprint density at radius 1 is 0.896 bits per heavy atom. The molecule has 0 aliphatic carbocycles. The monoisotopic (exact) mass is 661 g/mol. The smallest absolute Gasteiger partial charge is 0.416 e. The predicted molar refractivity (Wildman–Crippen MR) is 172 cm³/mol. The Morgan fingerprint density at radius 2 is 1.65 bits per heavy atom. The topological polar surface area (TPSA) is 105 Å². The highest BCUT2D eigenvalue weighted by molar-refractivity contribution is 6.04. The number of aromatic nitrogens is 1. The molecule has 0 spiro atoms. The van der Waals surface area contributed by atoms with E-state index in [0.717, 1.165) is 72.2 Å². The van der Waals surface area contributed by atoms with Crippen LogP contribution in [0.4, 0.5) is 24.5 Å². The molecule has 0 saturated carbocycles. The fourth-order valence-electron chi connectivity index (χ4n) is 5.44. The number of benzene rings is 3. The van der Waals surface area contributed by atoms with Gasteiger partial charge in [-0.15, -0.1) is 0 Å². The Kier molecular flexibility index (Phi) is 9.67. The van der Waals surface area contributed by atoms with Crippen molar-refractivity contribution in [1.29, 1.82) is 0 Å². The van der Waals surface area contributed by atoms with Gasteiger partial charge >= 0.3 is 6.18 Å². The number of hydrogen-bond acceptors (Lipinski definition) is 8. The lowest BCUT2D eigenvalue weighted by atomic mass is 10.1. The highest BCUT2D eigenvalue weighted by Crippen LogP contribution is 2.33. The second-order valence-electron chi connectivity index (χ2n) is 11.5. The van der Waals surface area contributed by atoms with Gasteiger partial charge in [0, 0.05) is 63.0 Å². The van der Waals surface area contributed by atoms with Crippen molar-refractivity contribution in [2.45, 2.75) is 26.1 Å². The highest BCUT2D eigenvalue weighted by Gasteiger charge is 2.30. The third kappa shape index (κ3) is 8.15. The molecule has 10 nitrogen and oxygen atoms in total. The Morgan fingerprint density at radius 3 is 2.35 bits per heavy atom. The summed E-state index contributed by atoms with van der Waals surface area (Å²) in [5, 5.41) is 5.92. The third-order valence-electron chi connectivity index (χ3n) is 8.09. The van der Waals surface area contributed by atoms with Crippen molar-refractivity contribution in [3.05, 3.63) is 101 Å². The van der Waals surface area contributed by atoms with Crippen molar-refractivity contribution in [2.24, 2.45) is 0 Å². The van der Waals surface area contributed by atoms with E-state index in [9.17, 15) is 22.8 Å². The number of pyridine rings is 1. The van der Waals surface area contributed by atoms with E-state index in [-0.39, 0.29) is 18.3 Å². The summed E-state index contributed by atoms with van der Waals surface area (Å²) in [6, 6.07) is 18.7. The third-order valence-corrected chi connectivity index (χ3v) is 8.09. The number of anilines is 2. The van der Waals surface area contributed by atoms with Crippen LogP contribution in [0.5, 0.6) is 23.1 Å². The number of aryl methyl sites for hydroxylation is 1. The molecule has 2 N–H and O–H groups in total. The van der Waals surface area contributed by atoms with Crippen LogP contribution in [0.3, 0.4) is 0 Å². The average molecular weight is 662 g/mol. The van der Waals surface area contributed by atoms with E-state index < -0.39 is 17.6 Å². The molecule has 0 bridgehead atoms. The van der Waals surface area contributed by atoms with E-state index in [2.05, 4.69) is 20.5 Å². The summed E-state index contributed by atoms with van der Waals surface area (Å²) in [4.78, 5) is 33.8. The molecule has 2 aliphatic rings. The number of fused-ring (bicyclic) bond motifs is 1. The van der Waals surface area contributed by atoms with Gasteiger partial charge in [-0.25, -0.2) is 4.98 Å². The summed E-state index contributed by atoms with van der Waals surface area (Å²) in [5.74, 6) is 2.00. The lowest BCUT2D eigenvalue weighted by Gasteiger charge is -2.35. The quantitative estimate of drug-likeness (QED) is 0.203. The molecule has 0 unspecified atom stereocenters. The maximum Gasteiger partial charge on any atom is 0.416 e. The number of amides is 2. The largest absolute Gasteiger partial charge is 0.454 e. The van der Waals surface area contributed by atoms with Crippen LogP contribution in [0.2, 0.25) is 0 Å². The minimum atomic E-state index is -4.47. The highest BCUT2D eigenvalue weighted by atomic mass is 19.4. The molecule has 250 valence electrons. The standard InChI is InChI=1S/C35H34F3N5O5/c1-23-18-27(39-13-12-33(44)43-16-14-42(15-17-43)21-24-2-9-30-31(19-24)47-22-46-30)7-10-29(23)48-32-11-8-28(20-40-32)41-34(45)25-3-5-26(6-4-25)35(36,37)38/h2-11,18-20,39H,12-17,21-22H2,1H3,(H,41,45). The zero-order chi connectivity index (χ0) is 33.7. The first kappa shape index (κ1) is 32.6. The number of piperazine rings is 1. The molecule has 0 atom stereocenters. The first-order chi connectivity index (χ1) is 23.1. The Bertz CT molecular complexity index is 1760. The number of nitrogens with one attached hydrogen (secondary N) is 2. The number of rotatable bonds is 10. The summed E-state index contributed by atoms with van der Waals surface area (Å²) >= 11 is 0. The van der Waals surface area contributed by atoms with Crippen LogP contribution in [0.1, 0.15) is 33.5 Å². The molecule has 1 saturated heterocycles. The van der Waals surface area contributed by atoms with Crippen molar-refractivity contribution < 1.29 is 37.0 Å². The first-order valence-corrected chi connectivity index (χ1v) is 15.5. The molecular formula is C35H34F3N5O5. The molecule has 1 fully saturated rings. The number of nitrogens with zero attached hydrogens (tertiary/aromatic N) is 3. The van der Waals surface area contributed by atoms with Crippen LogP contribution < -0.4 is 24.8 Å². The van der Waals surface area contributed by atoms with Crippen molar-refractivity contribution in [2.75, 3.05) is 50.2 Å². The van der Waals surface area contributed by atoms with Crippen LogP contribution in [0.15, 0.2) is 79.0 Å². The molecule has 4 aromatic rings. The van der Waals surface area contributed by atoms with Crippen LogP contribution in [0.25, 0.3) is 0 Å². The van der Waals surface area contributed by atoms with Gasteiger partial charge in [-0.05, 0) is 78.7 Å². The van der Waals surface area contributed by atoms with Crippen molar-refractivity contribution in [3.63, 3.8) is 0 Å². The van der Waals surface area contributed by atoms with Crippen molar-refractivity contribution in [1.82, 2.24) is 14.8 Å². The second kappa shape index (κ2) is 14.2. The zero-order valence-electron chi connectivity index (χ0n) is 26.2. The van der Waals surface area contributed by atoms with Crippen LogP contribution in [0, 0.1) is 6.92 Å². The van der Waals surface area contributed by atoms with E-state index in [0.29, 0.717) is 43.4 Å². The maximum absolute atomic E-state index is 12.9. The molecule has 13 heteroatoms. The van der Waals surface area contributed by atoms with Gasteiger partial charge in [-0.1, -0.05) is 6.07 Å². The fraction of sp³-hybridized carbons (Fsp3) is 0.286. The summed E-state index contributed by atoms with van der Waals surface area (Å²) < 4.78 is 55.1. The summed E-state index contributed by atoms with van der Waals surface area (Å²) in [7, 11) is 0. The molecule has 3 aromatic carbocycles. The fourth-order valence-corrected chi connectivity index (χ4v) is 5.44. The number of ether oxygens (including phenoxy) is 3. The van der Waals surface area contributed by atoms with Gasteiger partial charge < -0.3 is 29.7 Å². The van der Waals surface area contributed by atoms with Gasteiger partial charge in [0.05, 0.1) is 17.4 Å². The Labute approximate surface area is 275 Å². The minimum Gasteiger partial charge on any atom is -0.454 e.